The van der Waals surface area contributed by atoms with Gasteiger partial charge in [0.1, 0.15) is 0 Å². The minimum absolute atomic E-state index is 0.616. The van der Waals surface area contributed by atoms with Gasteiger partial charge in [0, 0.05) is 21.7 Å². The molecule has 0 aliphatic heterocycles. The Kier molecular flexibility index (Phi) is 3.51. The van der Waals surface area contributed by atoms with Gasteiger partial charge in [-0.1, -0.05) is 23.7 Å². The van der Waals surface area contributed by atoms with Crippen molar-refractivity contribution in [3.8, 4) is 0 Å². The van der Waals surface area contributed by atoms with Crippen molar-refractivity contribution in [2.24, 2.45) is 0 Å². The van der Waals surface area contributed by atoms with Gasteiger partial charge in [-0.05, 0) is 12.1 Å². The summed E-state index contributed by atoms with van der Waals surface area (Å²) in [5.74, 6) is 0.860. The summed E-state index contributed by atoms with van der Waals surface area (Å²) < 4.78 is 0. The summed E-state index contributed by atoms with van der Waals surface area (Å²) in [6, 6.07) is 7.81. The molecule has 15 heavy (non-hydrogen) atoms. The number of nitrogens with zero attached hydrogens (tertiary/aromatic N) is 1. The van der Waals surface area contributed by atoms with Crippen LogP contribution in [0.4, 0.5) is 5.13 Å². The van der Waals surface area contributed by atoms with E-state index in [2.05, 4.69) is 4.98 Å². The predicted octanol–water partition coefficient (Wildman–Crippen LogP) is 3.67. The van der Waals surface area contributed by atoms with Crippen LogP contribution in [0.15, 0.2) is 35.4 Å². The SMILES string of the molecule is Nc1ncc(CSc2ccccc2Cl)s1. The third-order valence-electron chi connectivity index (χ3n) is 1.78. The van der Waals surface area contributed by atoms with Crippen LogP contribution >= 0.6 is 34.7 Å². The molecular weight excluding hydrogens is 248 g/mol. The number of aromatic nitrogens is 1. The Morgan fingerprint density at radius 2 is 2.20 bits per heavy atom. The number of rotatable bonds is 3. The molecule has 0 fully saturated rings. The first-order valence-electron chi connectivity index (χ1n) is 4.33. The van der Waals surface area contributed by atoms with Crippen molar-refractivity contribution in [1.29, 1.82) is 0 Å². The Labute approximate surface area is 101 Å². The lowest BCUT2D eigenvalue weighted by Gasteiger charge is -2.01. The van der Waals surface area contributed by atoms with Crippen LogP contribution in [-0.2, 0) is 5.75 Å². The zero-order valence-electron chi connectivity index (χ0n) is 7.81. The highest BCUT2D eigenvalue weighted by Crippen LogP contribution is 2.31. The van der Waals surface area contributed by atoms with Crippen LogP contribution in [0.1, 0.15) is 4.88 Å². The maximum Gasteiger partial charge on any atom is 0.180 e. The summed E-state index contributed by atoms with van der Waals surface area (Å²) in [4.78, 5) is 6.25. The topological polar surface area (TPSA) is 38.9 Å². The van der Waals surface area contributed by atoms with Gasteiger partial charge in [0.25, 0.3) is 0 Å². The number of thiazole rings is 1. The lowest BCUT2D eigenvalue weighted by atomic mass is 10.4. The van der Waals surface area contributed by atoms with E-state index < -0.39 is 0 Å². The summed E-state index contributed by atoms with van der Waals surface area (Å²) in [6.45, 7) is 0. The number of thioether (sulfide) groups is 1. The fraction of sp³-hybridized carbons (Fsp3) is 0.100. The van der Waals surface area contributed by atoms with E-state index in [-0.39, 0.29) is 0 Å². The van der Waals surface area contributed by atoms with Crippen molar-refractivity contribution in [3.05, 3.63) is 40.4 Å². The van der Waals surface area contributed by atoms with E-state index in [1.165, 1.54) is 11.3 Å². The van der Waals surface area contributed by atoms with E-state index in [1.807, 2.05) is 30.5 Å². The lowest BCUT2D eigenvalue weighted by Crippen LogP contribution is -1.77. The van der Waals surface area contributed by atoms with E-state index in [1.54, 1.807) is 11.8 Å². The van der Waals surface area contributed by atoms with Crippen LogP contribution in [-0.4, -0.2) is 4.98 Å². The highest BCUT2D eigenvalue weighted by molar-refractivity contribution is 7.98. The molecule has 2 aromatic rings. The molecule has 0 aliphatic rings. The normalized spacial score (nSPS) is 10.5. The van der Waals surface area contributed by atoms with Gasteiger partial charge in [-0.15, -0.1) is 23.1 Å². The lowest BCUT2D eigenvalue weighted by molar-refractivity contribution is 1.36. The van der Waals surface area contributed by atoms with Gasteiger partial charge in [0.15, 0.2) is 5.13 Å². The molecule has 1 heterocycles. The number of nitrogens with two attached hydrogens (primary N) is 1. The average Bonchev–Trinajstić information content (AvgIpc) is 2.63. The Bertz CT molecular complexity index is 456. The molecule has 0 saturated carbocycles. The highest BCUT2D eigenvalue weighted by atomic mass is 35.5. The second kappa shape index (κ2) is 4.88. The van der Waals surface area contributed by atoms with Gasteiger partial charge in [-0.25, -0.2) is 4.98 Å². The zero-order valence-corrected chi connectivity index (χ0v) is 10.2. The second-order valence-corrected chi connectivity index (χ2v) is 5.46. The van der Waals surface area contributed by atoms with Gasteiger partial charge in [0.05, 0.1) is 5.02 Å². The van der Waals surface area contributed by atoms with Crippen LogP contribution in [0.3, 0.4) is 0 Å². The van der Waals surface area contributed by atoms with Crippen LogP contribution in [0.25, 0.3) is 0 Å². The first kappa shape index (κ1) is 10.8. The van der Waals surface area contributed by atoms with Crippen LogP contribution in [0.5, 0.6) is 0 Å². The summed E-state index contributed by atoms with van der Waals surface area (Å²) in [5.41, 5.74) is 5.55. The number of hydrogen-bond acceptors (Lipinski definition) is 4. The monoisotopic (exact) mass is 256 g/mol. The highest BCUT2D eigenvalue weighted by Gasteiger charge is 2.02. The number of hydrogen-bond donors (Lipinski definition) is 1. The summed E-state index contributed by atoms with van der Waals surface area (Å²) >= 11 is 9.25. The van der Waals surface area contributed by atoms with Crippen molar-refractivity contribution in [3.63, 3.8) is 0 Å². The zero-order chi connectivity index (χ0) is 10.7. The van der Waals surface area contributed by atoms with Crippen molar-refractivity contribution < 1.29 is 0 Å². The molecule has 2 rings (SSSR count). The molecule has 1 aromatic carbocycles. The second-order valence-electron chi connectivity index (χ2n) is 2.88. The number of nitrogen functional groups attached to an aromatic ring is 1. The van der Waals surface area contributed by atoms with Crippen molar-refractivity contribution >= 4 is 39.8 Å². The van der Waals surface area contributed by atoms with E-state index >= 15 is 0 Å². The quantitative estimate of drug-likeness (QED) is 0.852. The average molecular weight is 257 g/mol. The van der Waals surface area contributed by atoms with Gasteiger partial charge in [-0.3, -0.25) is 0 Å². The van der Waals surface area contributed by atoms with E-state index in [0.717, 1.165) is 20.5 Å². The van der Waals surface area contributed by atoms with E-state index in [0.29, 0.717) is 5.13 Å². The Morgan fingerprint density at radius 3 is 2.87 bits per heavy atom. The molecule has 1 aromatic heterocycles. The molecule has 0 atom stereocenters. The molecule has 0 aliphatic carbocycles. The van der Waals surface area contributed by atoms with Crippen LogP contribution < -0.4 is 5.73 Å². The van der Waals surface area contributed by atoms with Crippen LogP contribution in [0, 0.1) is 0 Å². The first-order valence-corrected chi connectivity index (χ1v) is 6.51. The van der Waals surface area contributed by atoms with Crippen molar-refractivity contribution in [1.82, 2.24) is 4.98 Å². The van der Waals surface area contributed by atoms with Gasteiger partial charge < -0.3 is 5.73 Å². The maximum atomic E-state index is 6.04. The van der Waals surface area contributed by atoms with E-state index in [9.17, 15) is 0 Å². The predicted molar refractivity (Wildman–Crippen MR) is 67.5 cm³/mol. The fourth-order valence-corrected chi connectivity index (χ4v) is 3.04. The maximum absolute atomic E-state index is 6.04. The Balaban J connectivity index is 2.02. The van der Waals surface area contributed by atoms with Crippen molar-refractivity contribution in [2.75, 3.05) is 5.73 Å². The third-order valence-corrected chi connectivity index (χ3v) is 4.35. The largest absolute Gasteiger partial charge is 0.375 e. The Morgan fingerprint density at radius 1 is 1.40 bits per heavy atom. The smallest absolute Gasteiger partial charge is 0.180 e. The molecule has 0 radical (unpaired) electrons. The van der Waals surface area contributed by atoms with Gasteiger partial charge >= 0.3 is 0 Å². The number of anilines is 1. The number of halogens is 1. The molecular formula is C10H9ClN2S2. The standard InChI is InChI=1S/C10H9ClN2S2/c11-8-3-1-2-4-9(8)14-6-7-5-13-10(12)15-7/h1-5H,6H2,(H2,12,13). The minimum atomic E-state index is 0.616. The fourth-order valence-electron chi connectivity index (χ4n) is 1.10. The van der Waals surface area contributed by atoms with E-state index in [4.69, 9.17) is 17.3 Å². The molecule has 0 saturated heterocycles. The number of benzene rings is 1. The minimum Gasteiger partial charge on any atom is -0.375 e. The molecule has 0 amide bonds. The molecule has 2 nitrogen and oxygen atoms in total. The van der Waals surface area contributed by atoms with Gasteiger partial charge in [0.2, 0.25) is 0 Å². The van der Waals surface area contributed by atoms with Crippen molar-refractivity contribution in [2.45, 2.75) is 10.6 Å². The van der Waals surface area contributed by atoms with Crippen LogP contribution in [0.2, 0.25) is 5.02 Å². The molecule has 0 unspecified atom stereocenters. The molecule has 0 bridgehead atoms. The van der Waals surface area contributed by atoms with Gasteiger partial charge in [-0.2, -0.15) is 0 Å². The third kappa shape index (κ3) is 2.87. The first-order chi connectivity index (χ1) is 7.25. The molecule has 0 spiro atoms. The summed E-state index contributed by atoms with van der Waals surface area (Å²) in [6.07, 6.45) is 1.81. The molecule has 5 heteroatoms. The summed E-state index contributed by atoms with van der Waals surface area (Å²) in [7, 11) is 0. The molecule has 2 N–H and O–H groups in total. The Hall–Kier alpha value is -0.710. The summed E-state index contributed by atoms with van der Waals surface area (Å²) in [5, 5.41) is 1.41. The molecule has 78 valence electrons.